The summed E-state index contributed by atoms with van der Waals surface area (Å²) >= 11 is 4.23. The summed E-state index contributed by atoms with van der Waals surface area (Å²) in [5.74, 6) is -0.900. The van der Waals surface area contributed by atoms with E-state index in [0.29, 0.717) is 4.88 Å². The van der Waals surface area contributed by atoms with Gasteiger partial charge in [-0.15, -0.1) is 11.3 Å². The van der Waals surface area contributed by atoms with Gasteiger partial charge in [-0.05, 0) is 20.8 Å². The summed E-state index contributed by atoms with van der Waals surface area (Å²) in [6, 6.07) is 0. The highest BCUT2D eigenvalue weighted by molar-refractivity contribution is 9.10. The summed E-state index contributed by atoms with van der Waals surface area (Å²) in [5.41, 5.74) is 0.944. The van der Waals surface area contributed by atoms with Gasteiger partial charge < -0.3 is 4.74 Å². The maximum Gasteiger partial charge on any atom is 0.328 e. The highest BCUT2D eigenvalue weighted by Crippen LogP contribution is 2.18. The maximum atomic E-state index is 11.8. The summed E-state index contributed by atoms with van der Waals surface area (Å²) in [6.07, 6.45) is 1.44. The zero-order valence-corrected chi connectivity index (χ0v) is 11.6. The number of aromatic nitrogens is 1. The van der Waals surface area contributed by atoms with E-state index in [1.165, 1.54) is 17.5 Å². The molecule has 1 unspecified atom stereocenters. The molecule has 1 atom stereocenters. The molecule has 0 bridgehead atoms. The van der Waals surface area contributed by atoms with Gasteiger partial charge >= 0.3 is 5.97 Å². The van der Waals surface area contributed by atoms with Crippen LogP contribution in [0.25, 0.3) is 0 Å². The first-order valence-corrected chi connectivity index (χ1v) is 6.40. The quantitative estimate of drug-likeness (QED) is 0.372. The monoisotopic (exact) mass is 305 g/mol. The lowest BCUT2D eigenvalue weighted by atomic mass is 10.2. The number of rotatable bonds is 3. The van der Waals surface area contributed by atoms with Crippen LogP contribution in [0, 0.1) is 0 Å². The molecule has 0 fully saturated rings. The van der Waals surface area contributed by atoms with Crippen molar-refractivity contribution in [3.05, 3.63) is 16.6 Å². The first-order chi connectivity index (χ1) is 7.31. The molecule has 88 valence electrons. The third kappa shape index (κ3) is 3.68. The first kappa shape index (κ1) is 13.3. The van der Waals surface area contributed by atoms with E-state index in [9.17, 15) is 9.59 Å². The van der Waals surface area contributed by atoms with Crippen molar-refractivity contribution in [3.63, 3.8) is 0 Å². The van der Waals surface area contributed by atoms with Crippen LogP contribution < -0.4 is 0 Å². The number of esters is 1. The van der Waals surface area contributed by atoms with Crippen molar-refractivity contribution >= 4 is 39.0 Å². The van der Waals surface area contributed by atoms with Gasteiger partial charge in [0.25, 0.3) is 0 Å². The van der Waals surface area contributed by atoms with Crippen molar-refractivity contribution in [2.75, 3.05) is 0 Å². The molecule has 1 aromatic heterocycles. The van der Waals surface area contributed by atoms with E-state index in [1.54, 1.807) is 26.3 Å². The normalized spacial score (nSPS) is 13.2. The minimum atomic E-state index is -0.966. The second-order valence-corrected chi connectivity index (χ2v) is 5.93. The van der Waals surface area contributed by atoms with Gasteiger partial charge in [-0.2, -0.15) is 0 Å². The molecule has 0 aromatic carbocycles. The van der Waals surface area contributed by atoms with Crippen molar-refractivity contribution in [1.82, 2.24) is 4.98 Å². The average molecular weight is 306 g/mol. The second kappa shape index (κ2) is 5.05. The maximum absolute atomic E-state index is 11.8. The number of thiazole rings is 1. The van der Waals surface area contributed by atoms with Gasteiger partial charge in [0.2, 0.25) is 0 Å². The fraction of sp³-hybridized carbons (Fsp3) is 0.500. The van der Waals surface area contributed by atoms with E-state index in [-0.39, 0.29) is 5.78 Å². The molecular weight excluding hydrogens is 294 g/mol. The van der Waals surface area contributed by atoms with Crippen molar-refractivity contribution in [2.45, 2.75) is 31.2 Å². The number of alkyl halides is 1. The molecular formula is C10H12BrNO3S. The molecule has 1 rings (SSSR count). The van der Waals surface area contributed by atoms with Crippen LogP contribution in [0.4, 0.5) is 0 Å². The topological polar surface area (TPSA) is 56.3 Å². The van der Waals surface area contributed by atoms with E-state index in [4.69, 9.17) is 4.74 Å². The van der Waals surface area contributed by atoms with Crippen molar-refractivity contribution in [2.24, 2.45) is 0 Å². The molecule has 6 heteroatoms. The Morgan fingerprint density at radius 2 is 2.12 bits per heavy atom. The summed E-state index contributed by atoms with van der Waals surface area (Å²) in [6.45, 7) is 5.26. The molecule has 0 saturated carbocycles. The molecule has 16 heavy (non-hydrogen) atoms. The molecule has 0 saturated heterocycles. The number of carbonyl (C=O) groups excluding carboxylic acids is 2. The number of ketones is 1. The largest absolute Gasteiger partial charge is 0.459 e. The number of Topliss-reactive ketones (excluding diaryl/α,β-unsaturated/α-hetero) is 1. The summed E-state index contributed by atoms with van der Waals surface area (Å²) in [5, 5.41) is 0. The number of ether oxygens (including phenoxy) is 1. The molecule has 0 amide bonds. The second-order valence-electron chi connectivity index (χ2n) is 4.13. The Morgan fingerprint density at radius 1 is 1.50 bits per heavy atom. The number of hydrogen-bond donors (Lipinski definition) is 0. The molecule has 4 nitrogen and oxygen atoms in total. The predicted octanol–water partition coefficient (Wildman–Crippen LogP) is 2.43. The zero-order valence-electron chi connectivity index (χ0n) is 9.19. The third-order valence-electron chi connectivity index (χ3n) is 1.52. The molecule has 0 N–H and O–H groups in total. The minimum Gasteiger partial charge on any atom is -0.459 e. The van der Waals surface area contributed by atoms with Gasteiger partial charge in [-0.25, -0.2) is 0 Å². The number of carbonyl (C=O) groups is 2. The molecule has 0 aliphatic heterocycles. The molecule has 0 radical (unpaired) electrons. The Bertz CT molecular complexity index is 383. The van der Waals surface area contributed by atoms with Gasteiger partial charge in [0.15, 0.2) is 10.6 Å². The van der Waals surface area contributed by atoms with Crippen LogP contribution in [0.1, 0.15) is 30.4 Å². The highest BCUT2D eigenvalue weighted by atomic mass is 79.9. The standard InChI is InChI=1S/C10H12BrNO3S/c1-10(2,3)15-9(14)7(11)8(13)6-4-12-5-16-6/h4-5,7H,1-3H3. The predicted molar refractivity (Wildman–Crippen MR) is 65.0 cm³/mol. The number of nitrogens with zero attached hydrogens (tertiary/aromatic N) is 1. The van der Waals surface area contributed by atoms with Crippen molar-refractivity contribution in [3.8, 4) is 0 Å². The lowest BCUT2D eigenvalue weighted by Crippen LogP contribution is -2.33. The van der Waals surface area contributed by atoms with E-state index < -0.39 is 16.4 Å². The van der Waals surface area contributed by atoms with Gasteiger partial charge in [-0.3, -0.25) is 14.6 Å². The van der Waals surface area contributed by atoms with Crippen LogP contribution in [-0.2, 0) is 9.53 Å². The van der Waals surface area contributed by atoms with Crippen LogP contribution in [0.3, 0.4) is 0 Å². The lowest BCUT2D eigenvalue weighted by Gasteiger charge is -2.20. The summed E-state index contributed by atoms with van der Waals surface area (Å²) < 4.78 is 5.10. The minimum absolute atomic E-state index is 0.322. The Hall–Kier alpha value is -0.750. The van der Waals surface area contributed by atoms with Crippen molar-refractivity contribution in [1.29, 1.82) is 0 Å². The lowest BCUT2D eigenvalue weighted by molar-refractivity contribution is -0.152. The molecule has 0 aliphatic rings. The Balaban J connectivity index is 2.68. The Kier molecular flexibility index (Phi) is 4.21. The van der Waals surface area contributed by atoms with Crippen LogP contribution in [0.15, 0.2) is 11.7 Å². The van der Waals surface area contributed by atoms with Gasteiger partial charge in [-0.1, -0.05) is 15.9 Å². The van der Waals surface area contributed by atoms with E-state index >= 15 is 0 Å². The molecule has 1 aromatic rings. The molecule has 1 heterocycles. The number of hydrogen-bond acceptors (Lipinski definition) is 5. The zero-order chi connectivity index (χ0) is 12.3. The third-order valence-corrected chi connectivity index (χ3v) is 3.10. The van der Waals surface area contributed by atoms with Gasteiger partial charge in [0.05, 0.1) is 10.4 Å². The smallest absolute Gasteiger partial charge is 0.328 e. The van der Waals surface area contributed by atoms with Crippen LogP contribution in [-0.4, -0.2) is 27.2 Å². The van der Waals surface area contributed by atoms with E-state index in [1.807, 2.05) is 0 Å². The number of halogens is 1. The molecule has 0 aliphatic carbocycles. The summed E-state index contributed by atoms with van der Waals surface area (Å²) in [4.78, 5) is 26.6. The van der Waals surface area contributed by atoms with E-state index in [2.05, 4.69) is 20.9 Å². The highest BCUT2D eigenvalue weighted by Gasteiger charge is 2.30. The van der Waals surface area contributed by atoms with Gasteiger partial charge in [0, 0.05) is 6.20 Å². The van der Waals surface area contributed by atoms with Crippen LogP contribution >= 0.6 is 27.3 Å². The molecule has 0 spiro atoms. The fourth-order valence-electron chi connectivity index (χ4n) is 0.923. The van der Waals surface area contributed by atoms with E-state index in [0.717, 1.165) is 0 Å². The Morgan fingerprint density at radius 3 is 2.56 bits per heavy atom. The van der Waals surface area contributed by atoms with Crippen molar-refractivity contribution < 1.29 is 14.3 Å². The Labute approximate surface area is 106 Å². The fourth-order valence-corrected chi connectivity index (χ4v) is 2.01. The summed E-state index contributed by atoms with van der Waals surface area (Å²) in [7, 11) is 0. The SMILES string of the molecule is CC(C)(C)OC(=O)C(Br)C(=O)c1cncs1. The first-order valence-electron chi connectivity index (χ1n) is 4.61. The van der Waals surface area contributed by atoms with Crippen LogP contribution in [0.2, 0.25) is 0 Å². The average Bonchev–Trinajstić information content (AvgIpc) is 2.65. The van der Waals surface area contributed by atoms with Crippen LogP contribution in [0.5, 0.6) is 0 Å². The van der Waals surface area contributed by atoms with Gasteiger partial charge in [0.1, 0.15) is 5.60 Å².